The van der Waals surface area contributed by atoms with Crippen LogP contribution >= 0.6 is 11.3 Å². The highest BCUT2D eigenvalue weighted by Crippen LogP contribution is 2.30. The summed E-state index contributed by atoms with van der Waals surface area (Å²) in [7, 11) is -3.65. The molecular weight excluding hydrogens is 425 g/mol. The van der Waals surface area contributed by atoms with Crippen LogP contribution in [0, 0.1) is 12.8 Å². The number of piperidine rings is 1. The minimum Gasteiger partial charge on any atom is -0.352 e. The summed E-state index contributed by atoms with van der Waals surface area (Å²) < 4.78 is 65.5. The van der Waals surface area contributed by atoms with E-state index in [0.717, 1.165) is 17.0 Å². The van der Waals surface area contributed by atoms with Gasteiger partial charge >= 0.3 is 6.18 Å². The molecule has 2 heterocycles. The number of hydrogen-bond acceptors (Lipinski definition) is 4. The van der Waals surface area contributed by atoms with Crippen LogP contribution in [0.25, 0.3) is 0 Å². The maximum Gasteiger partial charge on any atom is 0.416 e. The summed E-state index contributed by atoms with van der Waals surface area (Å²) in [4.78, 5) is 13.4. The number of nitrogens with zero attached hydrogens (tertiary/aromatic N) is 1. The van der Waals surface area contributed by atoms with Crippen LogP contribution in [-0.2, 0) is 27.5 Å². The predicted molar refractivity (Wildman–Crippen MR) is 104 cm³/mol. The van der Waals surface area contributed by atoms with Gasteiger partial charge in [-0.1, -0.05) is 12.1 Å². The maximum atomic E-state index is 12.8. The first-order valence-corrected chi connectivity index (χ1v) is 11.3. The second-order valence-electron chi connectivity index (χ2n) is 6.98. The number of halogens is 3. The summed E-state index contributed by atoms with van der Waals surface area (Å²) in [5.74, 6) is -0.893. The van der Waals surface area contributed by atoms with Crippen LogP contribution in [0.1, 0.15) is 28.8 Å². The fourth-order valence-corrected chi connectivity index (χ4v) is 6.21. The van der Waals surface area contributed by atoms with Crippen LogP contribution in [0.3, 0.4) is 0 Å². The maximum absolute atomic E-state index is 12.8. The zero-order valence-electron chi connectivity index (χ0n) is 15.7. The van der Waals surface area contributed by atoms with Crippen molar-refractivity contribution in [1.29, 1.82) is 0 Å². The number of amides is 1. The molecule has 0 saturated carbocycles. The molecule has 29 heavy (non-hydrogen) atoms. The Hall–Kier alpha value is -1.91. The molecule has 1 aromatic heterocycles. The van der Waals surface area contributed by atoms with E-state index >= 15 is 0 Å². The number of rotatable bonds is 5. The van der Waals surface area contributed by atoms with Gasteiger partial charge in [-0.3, -0.25) is 4.79 Å². The van der Waals surface area contributed by atoms with Crippen molar-refractivity contribution in [3.8, 4) is 0 Å². The van der Waals surface area contributed by atoms with Crippen LogP contribution in [0.4, 0.5) is 13.2 Å². The first-order chi connectivity index (χ1) is 13.6. The lowest BCUT2D eigenvalue weighted by molar-refractivity contribution is -0.137. The number of alkyl halides is 3. The van der Waals surface area contributed by atoms with Gasteiger partial charge in [-0.25, -0.2) is 8.42 Å². The van der Waals surface area contributed by atoms with Crippen LogP contribution in [0.5, 0.6) is 0 Å². The van der Waals surface area contributed by atoms with E-state index in [2.05, 4.69) is 5.32 Å². The lowest BCUT2D eigenvalue weighted by Crippen LogP contribution is -2.45. The smallest absolute Gasteiger partial charge is 0.352 e. The van der Waals surface area contributed by atoms with E-state index in [4.69, 9.17) is 0 Å². The highest BCUT2D eigenvalue weighted by atomic mass is 32.2. The fourth-order valence-electron chi connectivity index (χ4n) is 3.24. The molecule has 0 bridgehead atoms. The van der Waals surface area contributed by atoms with Gasteiger partial charge in [-0.15, -0.1) is 11.3 Å². The van der Waals surface area contributed by atoms with Gasteiger partial charge in [0.25, 0.3) is 10.0 Å². The zero-order chi connectivity index (χ0) is 21.2. The number of thiophene rings is 1. The normalized spacial score (nSPS) is 18.6. The summed E-state index contributed by atoms with van der Waals surface area (Å²) >= 11 is 1.19. The van der Waals surface area contributed by atoms with E-state index in [9.17, 15) is 26.4 Å². The van der Waals surface area contributed by atoms with E-state index in [1.165, 1.54) is 27.8 Å². The molecule has 1 fully saturated rings. The second-order valence-corrected chi connectivity index (χ2v) is 10.4. The highest BCUT2D eigenvalue weighted by Gasteiger charge is 2.34. The van der Waals surface area contributed by atoms with Gasteiger partial charge in [0.1, 0.15) is 4.21 Å². The minimum absolute atomic E-state index is 0.0455. The molecule has 1 atom stereocenters. The molecule has 1 saturated heterocycles. The van der Waals surface area contributed by atoms with Gasteiger partial charge in [-0.2, -0.15) is 17.5 Å². The third kappa shape index (κ3) is 5.18. The van der Waals surface area contributed by atoms with E-state index in [1.54, 1.807) is 12.1 Å². The first-order valence-electron chi connectivity index (χ1n) is 9.08. The van der Waals surface area contributed by atoms with Gasteiger partial charge in [0, 0.05) is 24.5 Å². The minimum atomic E-state index is -4.45. The number of aryl methyl sites for hydroxylation is 1. The van der Waals surface area contributed by atoms with Crippen LogP contribution in [0.15, 0.2) is 40.6 Å². The third-order valence-electron chi connectivity index (χ3n) is 4.79. The molecule has 1 aliphatic rings. The molecule has 3 rings (SSSR count). The predicted octanol–water partition coefficient (Wildman–Crippen LogP) is 3.79. The van der Waals surface area contributed by atoms with Gasteiger partial charge in [0.15, 0.2) is 0 Å². The van der Waals surface area contributed by atoms with Gasteiger partial charge < -0.3 is 5.32 Å². The Balaban J connectivity index is 1.63. The number of benzene rings is 1. The molecule has 1 aliphatic heterocycles. The molecule has 0 spiro atoms. The Kier molecular flexibility index (Phi) is 6.35. The number of nitrogens with one attached hydrogen (secondary N) is 1. The van der Waals surface area contributed by atoms with Crippen LogP contribution in [0.2, 0.25) is 0 Å². The van der Waals surface area contributed by atoms with E-state index in [-0.39, 0.29) is 23.2 Å². The third-order valence-corrected chi connectivity index (χ3v) is 8.12. The average Bonchev–Trinajstić information content (AvgIpc) is 3.13. The highest BCUT2D eigenvalue weighted by molar-refractivity contribution is 7.91. The van der Waals surface area contributed by atoms with Crippen molar-refractivity contribution in [2.75, 3.05) is 13.1 Å². The van der Waals surface area contributed by atoms with Crippen molar-refractivity contribution in [1.82, 2.24) is 9.62 Å². The summed E-state index contributed by atoms with van der Waals surface area (Å²) in [5, 5.41) is 2.64. The summed E-state index contributed by atoms with van der Waals surface area (Å²) in [6, 6.07) is 8.07. The van der Waals surface area contributed by atoms with Gasteiger partial charge in [-0.05, 0) is 49.6 Å². The second kappa shape index (κ2) is 8.45. The topological polar surface area (TPSA) is 66.5 Å². The number of sulfonamides is 1. The van der Waals surface area contributed by atoms with Crippen LogP contribution < -0.4 is 5.32 Å². The molecule has 1 aromatic carbocycles. The van der Waals surface area contributed by atoms with Crippen LogP contribution in [-0.4, -0.2) is 31.7 Å². The zero-order valence-corrected chi connectivity index (χ0v) is 17.3. The standard InChI is InChI=1S/C19H21F3N2O3S2/c1-13-7-8-17(28-13)29(26,27)24-9-3-5-15(12-24)18(25)23-11-14-4-2-6-16(10-14)19(20,21)22/h2,4,6-8,10,15H,3,5,9,11-12H2,1H3,(H,23,25)/t15-/m1/s1. The van der Waals surface area contributed by atoms with Crippen molar-refractivity contribution < 1.29 is 26.4 Å². The monoisotopic (exact) mass is 446 g/mol. The molecule has 0 radical (unpaired) electrons. The first kappa shape index (κ1) is 21.8. The Morgan fingerprint density at radius 3 is 2.69 bits per heavy atom. The lowest BCUT2D eigenvalue weighted by Gasteiger charge is -2.30. The Morgan fingerprint density at radius 1 is 1.28 bits per heavy atom. The molecule has 10 heteroatoms. The molecule has 1 amide bonds. The van der Waals surface area contributed by atoms with Crippen molar-refractivity contribution in [2.45, 2.75) is 36.7 Å². The van der Waals surface area contributed by atoms with E-state index < -0.39 is 27.7 Å². The van der Waals surface area contributed by atoms with Crippen molar-refractivity contribution in [3.63, 3.8) is 0 Å². The Labute approximate surface area is 171 Å². The summed E-state index contributed by atoms with van der Waals surface area (Å²) in [5.41, 5.74) is -0.437. The number of carbonyl (C=O) groups excluding carboxylic acids is 1. The van der Waals surface area contributed by atoms with E-state index in [0.29, 0.717) is 24.9 Å². The molecule has 2 aromatic rings. The number of hydrogen-bond donors (Lipinski definition) is 1. The Morgan fingerprint density at radius 2 is 2.03 bits per heavy atom. The van der Waals surface area contributed by atoms with Gasteiger partial charge in [0.05, 0.1) is 11.5 Å². The molecule has 5 nitrogen and oxygen atoms in total. The molecule has 158 valence electrons. The molecule has 1 N–H and O–H groups in total. The van der Waals surface area contributed by atoms with E-state index in [1.807, 2.05) is 6.92 Å². The van der Waals surface area contributed by atoms with Gasteiger partial charge in [0.2, 0.25) is 5.91 Å². The van der Waals surface area contributed by atoms with Crippen molar-refractivity contribution >= 4 is 27.3 Å². The van der Waals surface area contributed by atoms with Crippen molar-refractivity contribution in [3.05, 3.63) is 52.4 Å². The summed E-state index contributed by atoms with van der Waals surface area (Å²) in [6.45, 7) is 2.18. The molecular formula is C19H21F3N2O3S2. The number of carbonyl (C=O) groups is 1. The Bertz CT molecular complexity index is 987. The molecule has 0 unspecified atom stereocenters. The van der Waals surface area contributed by atoms with Crippen molar-refractivity contribution in [2.24, 2.45) is 5.92 Å². The lowest BCUT2D eigenvalue weighted by atomic mass is 9.98. The average molecular weight is 447 g/mol. The largest absolute Gasteiger partial charge is 0.416 e. The fraction of sp³-hybridized carbons (Fsp3) is 0.421. The quantitative estimate of drug-likeness (QED) is 0.760. The molecule has 0 aliphatic carbocycles. The SMILES string of the molecule is Cc1ccc(S(=O)(=O)N2CCC[C@@H](C(=O)NCc3cccc(C(F)(F)F)c3)C2)s1. The summed E-state index contributed by atoms with van der Waals surface area (Å²) in [6.07, 6.45) is -3.37.